The van der Waals surface area contributed by atoms with Crippen LogP contribution in [0.5, 0.6) is 0 Å². The zero-order valence-corrected chi connectivity index (χ0v) is 16.7. The molecule has 28 heavy (non-hydrogen) atoms. The van der Waals surface area contributed by atoms with Crippen LogP contribution in [-0.4, -0.2) is 15.5 Å². The standard InChI is InChI=1S/C21H17N3O2S2/c1-13-16-19(28-17(13)18(22)25)23-21(27-12-14-8-4-2-5-9-14)24(20(16)26)15-10-6-3-7-11-15/h2-11H,12H2,1H3,(H2,22,25). The van der Waals surface area contributed by atoms with E-state index < -0.39 is 5.91 Å². The van der Waals surface area contributed by atoms with E-state index in [1.807, 2.05) is 60.7 Å². The number of amides is 1. The fourth-order valence-corrected chi connectivity index (χ4v) is 5.07. The average Bonchev–Trinajstić information content (AvgIpc) is 3.05. The molecule has 2 aromatic heterocycles. The zero-order chi connectivity index (χ0) is 19.7. The van der Waals surface area contributed by atoms with Crippen molar-refractivity contribution >= 4 is 39.2 Å². The number of rotatable bonds is 5. The van der Waals surface area contributed by atoms with Gasteiger partial charge in [-0.2, -0.15) is 0 Å². The fraction of sp³-hybridized carbons (Fsp3) is 0.0952. The van der Waals surface area contributed by atoms with Crippen molar-refractivity contribution in [2.45, 2.75) is 17.8 Å². The molecular formula is C21H17N3O2S2. The Kier molecular flexibility index (Phi) is 5.02. The second-order valence-electron chi connectivity index (χ2n) is 6.25. The second kappa shape index (κ2) is 7.61. The molecule has 0 fully saturated rings. The number of thiophene rings is 1. The molecular weight excluding hydrogens is 390 g/mol. The van der Waals surface area contributed by atoms with Crippen molar-refractivity contribution in [1.82, 2.24) is 9.55 Å². The van der Waals surface area contributed by atoms with E-state index in [-0.39, 0.29) is 5.56 Å². The Bertz CT molecular complexity index is 1220. The molecule has 0 saturated carbocycles. The second-order valence-corrected chi connectivity index (χ2v) is 8.19. The first kappa shape index (κ1) is 18.5. The van der Waals surface area contributed by atoms with Gasteiger partial charge < -0.3 is 5.73 Å². The van der Waals surface area contributed by atoms with E-state index >= 15 is 0 Å². The molecule has 140 valence electrons. The van der Waals surface area contributed by atoms with Gasteiger partial charge in [0.1, 0.15) is 4.83 Å². The van der Waals surface area contributed by atoms with Gasteiger partial charge in [-0.1, -0.05) is 60.3 Å². The summed E-state index contributed by atoms with van der Waals surface area (Å²) in [5, 5.41) is 1.04. The molecule has 0 atom stereocenters. The third-order valence-electron chi connectivity index (χ3n) is 4.38. The lowest BCUT2D eigenvalue weighted by Crippen LogP contribution is -2.21. The largest absolute Gasteiger partial charge is 0.365 e. The molecule has 2 heterocycles. The fourth-order valence-electron chi connectivity index (χ4n) is 3.02. The summed E-state index contributed by atoms with van der Waals surface area (Å²) in [7, 11) is 0. The highest BCUT2D eigenvalue weighted by Crippen LogP contribution is 2.31. The number of carbonyl (C=O) groups is 1. The van der Waals surface area contributed by atoms with Crippen LogP contribution in [-0.2, 0) is 5.75 Å². The molecule has 0 aliphatic rings. The monoisotopic (exact) mass is 407 g/mol. The van der Waals surface area contributed by atoms with Gasteiger partial charge in [-0.15, -0.1) is 11.3 Å². The van der Waals surface area contributed by atoms with Crippen molar-refractivity contribution < 1.29 is 4.79 Å². The van der Waals surface area contributed by atoms with E-state index in [4.69, 9.17) is 10.7 Å². The normalized spacial score (nSPS) is 11.0. The summed E-state index contributed by atoms with van der Waals surface area (Å²) in [5.41, 5.74) is 7.76. The number of benzene rings is 2. The van der Waals surface area contributed by atoms with Gasteiger partial charge in [0.2, 0.25) is 0 Å². The lowest BCUT2D eigenvalue weighted by atomic mass is 10.2. The number of carbonyl (C=O) groups excluding carboxylic acids is 1. The van der Waals surface area contributed by atoms with Gasteiger partial charge in [0.15, 0.2) is 5.16 Å². The van der Waals surface area contributed by atoms with E-state index in [2.05, 4.69) is 0 Å². The van der Waals surface area contributed by atoms with Gasteiger partial charge in [-0.05, 0) is 30.2 Å². The van der Waals surface area contributed by atoms with Gasteiger partial charge >= 0.3 is 0 Å². The topological polar surface area (TPSA) is 78.0 Å². The van der Waals surface area contributed by atoms with Gasteiger partial charge in [0.25, 0.3) is 11.5 Å². The first-order chi connectivity index (χ1) is 13.6. The third kappa shape index (κ3) is 3.34. The smallest absolute Gasteiger partial charge is 0.267 e. The molecule has 0 spiro atoms. The number of thioether (sulfide) groups is 1. The van der Waals surface area contributed by atoms with Crippen LogP contribution < -0.4 is 11.3 Å². The molecule has 2 aromatic carbocycles. The van der Waals surface area contributed by atoms with E-state index in [1.165, 1.54) is 23.1 Å². The molecule has 0 aliphatic heterocycles. The number of nitrogens with two attached hydrogens (primary N) is 1. The van der Waals surface area contributed by atoms with Crippen LogP contribution in [0, 0.1) is 6.92 Å². The Labute approximate surface area is 169 Å². The molecule has 5 nitrogen and oxygen atoms in total. The average molecular weight is 408 g/mol. The molecule has 7 heteroatoms. The predicted octanol–water partition coefficient (Wildman–Crippen LogP) is 4.15. The van der Waals surface area contributed by atoms with Crippen LogP contribution in [0.4, 0.5) is 0 Å². The summed E-state index contributed by atoms with van der Waals surface area (Å²) in [4.78, 5) is 30.8. The Hall–Kier alpha value is -2.90. The summed E-state index contributed by atoms with van der Waals surface area (Å²) < 4.78 is 1.61. The molecule has 0 bridgehead atoms. The predicted molar refractivity (Wildman–Crippen MR) is 114 cm³/mol. The Morgan fingerprint density at radius 2 is 1.75 bits per heavy atom. The number of aromatic nitrogens is 2. The van der Waals surface area contributed by atoms with Crippen LogP contribution in [0.25, 0.3) is 15.9 Å². The minimum absolute atomic E-state index is 0.187. The minimum Gasteiger partial charge on any atom is -0.365 e. The van der Waals surface area contributed by atoms with Gasteiger partial charge in [0.05, 0.1) is 16.0 Å². The number of fused-ring (bicyclic) bond motifs is 1. The van der Waals surface area contributed by atoms with Crippen molar-refractivity contribution in [3.63, 3.8) is 0 Å². The number of hydrogen-bond donors (Lipinski definition) is 1. The van der Waals surface area contributed by atoms with Crippen LogP contribution in [0.15, 0.2) is 70.6 Å². The summed E-state index contributed by atoms with van der Waals surface area (Å²) in [6, 6.07) is 19.4. The summed E-state index contributed by atoms with van der Waals surface area (Å²) in [6.07, 6.45) is 0. The number of aryl methyl sites for hydroxylation is 1. The molecule has 1 amide bonds. The SMILES string of the molecule is Cc1c(C(N)=O)sc2nc(SCc3ccccc3)n(-c3ccccc3)c(=O)c12. The lowest BCUT2D eigenvalue weighted by molar-refractivity contribution is 0.100. The van der Waals surface area contributed by atoms with E-state index in [9.17, 15) is 9.59 Å². The molecule has 0 radical (unpaired) electrons. The van der Waals surface area contributed by atoms with Crippen molar-refractivity contribution in [3.8, 4) is 5.69 Å². The highest BCUT2D eigenvalue weighted by molar-refractivity contribution is 7.98. The maximum Gasteiger partial charge on any atom is 0.267 e. The van der Waals surface area contributed by atoms with Crippen molar-refractivity contribution in [2.75, 3.05) is 0 Å². The Morgan fingerprint density at radius 3 is 2.39 bits per heavy atom. The summed E-state index contributed by atoms with van der Waals surface area (Å²) >= 11 is 2.66. The number of para-hydroxylation sites is 1. The molecule has 2 N–H and O–H groups in total. The lowest BCUT2D eigenvalue weighted by Gasteiger charge is -2.12. The van der Waals surface area contributed by atoms with Crippen LogP contribution >= 0.6 is 23.1 Å². The minimum atomic E-state index is -0.537. The van der Waals surface area contributed by atoms with Crippen molar-refractivity contribution in [2.24, 2.45) is 5.73 Å². The summed E-state index contributed by atoms with van der Waals surface area (Å²) in [6.45, 7) is 1.74. The van der Waals surface area contributed by atoms with Crippen LogP contribution in [0.3, 0.4) is 0 Å². The zero-order valence-electron chi connectivity index (χ0n) is 15.1. The highest BCUT2D eigenvalue weighted by atomic mass is 32.2. The number of primary amides is 1. The van der Waals surface area contributed by atoms with E-state index in [0.717, 1.165) is 11.3 Å². The van der Waals surface area contributed by atoms with Gasteiger partial charge in [-0.3, -0.25) is 14.2 Å². The Balaban J connectivity index is 1.91. The summed E-state index contributed by atoms with van der Waals surface area (Å²) in [5.74, 6) is 0.142. The van der Waals surface area contributed by atoms with Gasteiger partial charge in [-0.25, -0.2) is 4.98 Å². The number of hydrogen-bond acceptors (Lipinski definition) is 5. The Morgan fingerprint density at radius 1 is 1.11 bits per heavy atom. The van der Waals surface area contributed by atoms with E-state index in [0.29, 0.717) is 31.6 Å². The maximum atomic E-state index is 13.4. The van der Waals surface area contributed by atoms with Crippen LogP contribution in [0.2, 0.25) is 0 Å². The highest BCUT2D eigenvalue weighted by Gasteiger charge is 2.21. The molecule has 0 aliphatic carbocycles. The maximum absolute atomic E-state index is 13.4. The third-order valence-corrected chi connectivity index (χ3v) is 6.59. The van der Waals surface area contributed by atoms with Crippen LogP contribution in [0.1, 0.15) is 20.8 Å². The molecule has 0 saturated heterocycles. The molecule has 0 unspecified atom stereocenters. The first-order valence-corrected chi connectivity index (χ1v) is 10.4. The first-order valence-electron chi connectivity index (χ1n) is 8.64. The molecule has 4 rings (SSSR count). The van der Waals surface area contributed by atoms with Crippen molar-refractivity contribution in [1.29, 1.82) is 0 Å². The van der Waals surface area contributed by atoms with Crippen molar-refractivity contribution in [3.05, 3.63) is 87.0 Å². The number of nitrogens with zero attached hydrogens (tertiary/aromatic N) is 2. The molecule has 4 aromatic rings. The van der Waals surface area contributed by atoms with Gasteiger partial charge in [0, 0.05) is 5.75 Å². The quantitative estimate of drug-likeness (QED) is 0.398. The van der Waals surface area contributed by atoms with E-state index in [1.54, 1.807) is 11.5 Å².